The van der Waals surface area contributed by atoms with Gasteiger partial charge in [-0.2, -0.15) is 0 Å². The van der Waals surface area contributed by atoms with Gasteiger partial charge >= 0.3 is 11.9 Å². The third-order valence-corrected chi connectivity index (χ3v) is 5.16. The molecule has 0 saturated carbocycles. The molecule has 0 bridgehead atoms. The zero-order valence-electron chi connectivity index (χ0n) is 17.5. The molecule has 1 N–H and O–H groups in total. The smallest absolute Gasteiger partial charge is 0.338 e. The van der Waals surface area contributed by atoms with Gasteiger partial charge in [-0.3, -0.25) is 10.1 Å². The van der Waals surface area contributed by atoms with Gasteiger partial charge in [-0.15, -0.1) is 0 Å². The van der Waals surface area contributed by atoms with Crippen molar-refractivity contribution in [2.45, 2.75) is 32.8 Å². The minimum Gasteiger partial charge on any atom is -0.458 e. The molecule has 1 unspecified atom stereocenters. The summed E-state index contributed by atoms with van der Waals surface area (Å²) in [7, 11) is 0. The van der Waals surface area contributed by atoms with Crippen LogP contribution in [0.4, 0.5) is 5.69 Å². The molecule has 0 aliphatic carbocycles. The summed E-state index contributed by atoms with van der Waals surface area (Å²) in [5, 5.41) is 20.6. The van der Waals surface area contributed by atoms with Crippen LogP contribution in [0.25, 0.3) is 6.08 Å². The Kier molecular flexibility index (Phi) is 6.21. The van der Waals surface area contributed by atoms with E-state index in [1.165, 1.54) is 24.3 Å². The van der Waals surface area contributed by atoms with Crippen molar-refractivity contribution in [3.8, 4) is 0 Å². The van der Waals surface area contributed by atoms with E-state index in [4.69, 9.17) is 9.47 Å². The van der Waals surface area contributed by atoms with Crippen molar-refractivity contribution in [3.63, 3.8) is 0 Å². The van der Waals surface area contributed by atoms with Crippen LogP contribution in [0.15, 0.2) is 42.0 Å². The largest absolute Gasteiger partial charge is 0.458 e. The minimum absolute atomic E-state index is 0.0401. The summed E-state index contributed by atoms with van der Waals surface area (Å²) in [6.07, 6.45) is 1.58. The first kappa shape index (κ1) is 22.2. The lowest BCUT2D eigenvalue weighted by molar-refractivity contribution is -0.384. The van der Waals surface area contributed by atoms with Gasteiger partial charge in [0, 0.05) is 24.1 Å². The number of nitro groups is 1. The van der Waals surface area contributed by atoms with Crippen LogP contribution in [0.2, 0.25) is 0 Å². The summed E-state index contributed by atoms with van der Waals surface area (Å²) < 4.78 is 10.8. The SMILES string of the molecule is Cc1cc(C)c(C(=O)OCC2(CO)C/C(=C/c3ccc([N+](=O)[O-])cc3)C(=O)O2)c(C)c1. The molecule has 3 rings (SSSR count). The van der Waals surface area contributed by atoms with Gasteiger partial charge in [0.15, 0.2) is 5.60 Å². The Hall–Kier alpha value is -3.52. The zero-order chi connectivity index (χ0) is 22.8. The molecule has 2 aromatic carbocycles. The highest BCUT2D eigenvalue weighted by molar-refractivity contribution is 5.96. The first-order valence-corrected chi connectivity index (χ1v) is 9.68. The Morgan fingerprint density at radius 1 is 1.23 bits per heavy atom. The first-order valence-electron chi connectivity index (χ1n) is 9.68. The number of carbonyl (C=O) groups excluding carboxylic acids is 2. The predicted molar refractivity (Wildman–Crippen MR) is 113 cm³/mol. The molecule has 1 heterocycles. The fraction of sp³-hybridized carbons (Fsp3) is 0.304. The predicted octanol–water partition coefficient (Wildman–Crippen LogP) is 3.44. The van der Waals surface area contributed by atoms with E-state index in [9.17, 15) is 24.8 Å². The standard InChI is InChI=1S/C23H23NO7/c1-14-8-15(2)20(16(3)9-14)22(27)30-13-23(12-25)11-18(21(26)31-23)10-17-4-6-19(7-5-17)24(28)29/h4-10,25H,11-13H2,1-3H3/b18-10-. The highest BCUT2D eigenvalue weighted by Crippen LogP contribution is 2.33. The van der Waals surface area contributed by atoms with E-state index in [0.29, 0.717) is 11.1 Å². The van der Waals surface area contributed by atoms with E-state index in [0.717, 1.165) is 16.7 Å². The molecule has 8 nitrogen and oxygen atoms in total. The number of ether oxygens (including phenoxy) is 2. The molecule has 1 saturated heterocycles. The maximum Gasteiger partial charge on any atom is 0.338 e. The summed E-state index contributed by atoms with van der Waals surface area (Å²) in [6, 6.07) is 9.46. The Bertz CT molecular complexity index is 1050. The molecular formula is C23H23NO7. The van der Waals surface area contributed by atoms with Crippen LogP contribution in [0, 0.1) is 30.9 Å². The Balaban J connectivity index is 1.75. The van der Waals surface area contributed by atoms with E-state index in [2.05, 4.69) is 0 Å². The Morgan fingerprint density at radius 2 is 1.84 bits per heavy atom. The lowest BCUT2D eigenvalue weighted by atomic mass is 9.97. The third-order valence-electron chi connectivity index (χ3n) is 5.16. The van der Waals surface area contributed by atoms with Crippen LogP contribution < -0.4 is 0 Å². The molecule has 2 aromatic rings. The highest BCUT2D eigenvalue weighted by Gasteiger charge is 2.44. The van der Waals surface area contributed by atoms with Crippen LogP contribution in [-0.2, 0) is 14.3 Å². The third kappa shape index (κ3) is 4.80. The van der Waals surface area contributed by atoms with E-state index < -0.39 is 29.1 Å². The average Bonchev–Trinajstić information content (AvgIpc) is 3.02. The van der Waals surface area contributed by atoms with Crippen LogP contribution in [-0.4, -0.2) is 40.8 Å². The van der Waals surface area contributed by atoms with Gasteiger partial charge in [0.25, 0.3) is 5.69 Å². The topological polar surface area (TPSA) is 116 Å². The molecule has 0 aromatic heterocycles. The summed E-state index contributed by atoms with van der Waals surface area (Å²) in [6.45, 7) is 4.76. The molecule has 162 valence electrons. The fourth-order valence-corrected chi connectivity index (χ4v) is 3.71. The van der Waals surface area contributed by atoms with Crippen molar-refractivity contribution >= 4 is 23.7 Å². The molecule has 0 radical (unpaired) electrons. The first-order chi connectivity index (χ1) is 14.6. The van der Waals surface area contributed by atoms with E-state index >= 15 is 0 Å². The van der Waals surface area contributed by atoms with Gasteiger partial charge < -0.3 is 14.6 Å². The lowest BCUT2D eigenvalue weighted by Gasteiger charge is -2.24. The number of nitrogens with zero attached hydrogens (tertiary/aromatic N) is 1. The number of hydrogen-bond donors (Lipinski definition) is 1. The minimum atomic E-state index is -1.37. The molecule has 8 heteroatoms. The van der Waals surface area contributed by atoms with Crippen LogP contribution >= 0.6 is 0 Å². The fourth-order valence-electron chi connectivity index (χ4n) is 3.71. The van der Waals surface area contributed by atoms with E-state index in [1.54, 1.807) is 6.08 Å². The second kappa shape index (κ2) is 8.69. The number of non-ortho nitro benzene ring substituents is 1. The number of hydrogen-bond acceptors (Lipinski definition) is 7. The number of esters is 2. The normalized spacial score (nSPS) is 19.4. The number of carbonyl (C=O) groups is 2. The van der Waals surface area contributed by atoms with Crippen LogP contribution in [0.1, 0.15) is 39.0 Å². The number of aliphatic hydroxyl groups excluding tert-OH is 1. The average molecular weight is 425 g/mol. The maximum atomic E-state index is 12.6. The van der Waals surface area contributed by atoms with E-state index in [-0.39, 0.29) is 24.3 Å². The van der Waals surface area contributed by atoms with Gasteiger partial charge in [-0.25, -0.2) is 9.59 Å². The monoisotopic (exact) mass is 425 g/mol. The summed E-state index contributed by atoms with van der Waals surface area (Å²) in [4.78, 5) is 35.2. The lowest BCUT2D eigenvalue weighted by Crippen LogP contribution is -2.39. The van der Waals surface area contributed by atoms with Gasteiger partial charge in [0.05, 0.1) is 17.1 Å². The van der Waals surface area contributed by atoms with Crippen molar-refractivity contribution in [1.82, 2.24) is 0 Å². The van der Waals surface area contributed by atoms with Crippen molar-refractivity contribution < 1.29 is 29.1 Å². The molecule has 1 atom stereocenters. The van der Waals surface area contributed by atoms with Gasteiger partial charge in [0.2, 0.25) is 0 Å². The number of aryl methyl sites for hydroxylation is 3. The number of rotatable bonds is 6. The number of cyclic esters (lactones) is 1. The second-order valence-corrected chi connectivity index (χ2v) is 7.78. The van der Waals surface area contributed by atoms with Crippen molar-refractivity contribution in [3.05, 3.63) is 79.9 Å². The van der Waals surface area contributed by atoms with Gasteiger partial charge in [-0.05, 0) is 55.7 Å². The molecular weight excluding hydrogens is 402 g/mol. The number of nitro benzene ring substituents is 1. The zero-order valence-corrected chi connectivity index (χ0v) is 17.5. The summed E-state index contributed by atoms with van der Waals surface area (Å²) >= 11 is 0. The molecule has 0 amide bonds. The second-order valence-electron chi connectivity index (χ2n) is 7.78. The van der Waals surface area contributed by atoms with Crippen molar-refractivity contribution in [1.29, 1.82) is 0 Å². The van der Waals surface area contributed by atoms with Crippen molar-refractivity contribution in [2.75, 3.05) is 13.2 Å². The Labute approximate surface area is 179 Å². The quantitative estimate of drug-likeness (QED) is 0.326. The van der Waals surface area contributed by atoms with Crippen LogP contribution in [0.5, 0.6) is 0 Å². The van der Waals surface area contributed by atoms with E-state index in [1.807, 2.05) is 32.9 Å². The Morgan fingerprint density at radius 3 is 2.39 bits per heavy atom. The highest BCUT2D eigenvalue weighted by atomic mass is 16.6. The van der Waals surface area contributed by atoms with Gasteiger partial charge in [-0.1, -0.05) is 17.7 Å². The molecule has 1 aliphatic heterocycles. The van der Waals surface area contributed by atoms with Gasteiger partial charge in [0.1, 0.15) is 6.61 Å². The maximum absolute atomic E-state index is 12.6. The summed E-state index contributed by atoms with van der Waals surface area (Å²) in [5.41, 5.74) is 2.47. The molecule has 1 aliphatic rings. The van der Waals surface area contributed by atoms with Crippen LogP contribution in [0.3, 0.4) is 0 Å². The summed E-state index contributed by atoms with van der Waals surface area (Å²) in [5.74, 6) is -1.18. The molecule has 0 spiro atoms. The molecule has 1 fully saturated rings. The molecule has 31 heavy (non-hydrogen) atoms. The number of aliphatic hydroxyl groups is 1. The number of benzene rings is 2. The van der Waals surface area contributed by atoms with Crippen molar-refractivity contribution in [2.24, 2.45) is 0 Å².